The molecule has 2 aliphatic rings. The van der Waals surface area contributed by atoms with E-state index in [0.29, 0.717) is 32.2 Å². The van der Waals surface area contributed by atoms with E-state index in [1.807, 2.05) is 63.2 Å². The van der Waals surface area contributed by atoms with Crippen LogP contribution in [0, 0.1) is 23.7 Å². The Morgan fingerprint density at radius 1 is 1.08 bits per heavy atom. The van der Waals surface area contributed by atoms with Crippen LogP contribution in [0.2, 0.25) is 0 Å². The van der Waals surface area contributed by atoms with E-state index in [2.05, 4.69) is 0 Å². The lowest BCUT2D eigenvalue weighted by Gasteiger charge is -2.38. The summed E-state index contributed by atoms with van der Waals surface area (Å²) in [7, 11) is 0. The fraction of sp³-hybridized carbons (Fsp3) is 0.438. The number of aliphatic hydroxyl groups is 2. The third kappa shape index (κ3) is 5.62. The number of benzene rings is 2. The molecule has 1 saturated heterocycles. The highest BCUT2D eigenvalue weighted by Gasteiger charge is 2.54. The largest absolute Gasteiger partial charge is 0.508 e. The highest BCUT2D eigenvalue weighted by molar-refractivity contribution is 6.05. The van der Waals surface area contributed by atoms with Gasteiger partial charge in [0.15, 0.2) is 0 Å². The number of imide groups is 1. The molecule has 0 radical (unpaired) electrons. The molecule has 0 aromatic heterocycles. The van der Waals surface area contributed by atoms with Crippen molar-refractivity contribution in [1.82, 2.24) is 4.90 Å². The Morgan fingerprint density at radius 3 is 2.45 bits per heavy atom. The number of carbonyl (C=O) groups excluding carboxylic acids is 2. The van der Waals surface area contributed by atoms with Gasteiger partial charge in [-0.3, -0.25) is 14.5 Å². The Bertz CT molecular complexity index is 1220. The van der Waals surface area contributed by atoms with Gasteiger partial charge in [-0.05, 0) is 66.0 Å². The topological polar surface area (TPSA) is 98.1 Å². The monoisotopic (exact) mass is 517 g/mol. The number of hydrogen-bond donors (Lipinski definition) is 3. The molecule has 0 spiro atoms. The van der Waals surface area contributed by atoms with Crippen LogP contribution < -0.4 is 0 Å². The summed E-state index contributed by atoms with van der Waals surface area (Å²) >= 11 is 0. The zero-order chi connectivity index (χ0) is 27.4. The third-order valence-electron chi connectivity index (χ3n) is 7.95. The number of allylic oxidation sites excluding steroid dienone is 2. The van der Waals surface area contributed by atoms with Crippen molar-refractivity contribution < 1.29 is 24.9 Å². The first-order chi connectivity index (χ1) is 18.3. The number of rotatable bonds is 10. The standard InChI is InChI=1S/C32H39NO5/c1-4-15-33-31(37)26-18-25(20(2)3)29(27(19-34)30(26)32(33)38)28(36)14-13-23(22-10-6-5-7-11-22)16-21-9-8-12-24(35)17-21/h5-12,16-17,20,26-28,30,34-36H,4,13-15,18-19H2,1-3H3/b23-16-/t26-,27+,28-,30-/m1/s1. The van der Waals surface area contributed by atoms with Crippen molar-refractivity contribution in [3.63, 3.8) is 0 Å². The number of carbonyl (C=O) groups is 2. The second-order valence-corrected chi connectivity index (χ2v) is 10.8. The maximum absolute atomic E-state index is 13.3. The molecule has 1 aliphatic heterocycles. The zero-order valence-corrected chi connectivity index (χ0v) is 22.5. The van der Waals surface area contributed by atoms with E-state index in [-0.39, 0.29) is 30.1 Å². The van der Waals surface area contributed by atoms with E-state index in [1.165, 1.54) is 4.90 Å². The predicted molar refractivity (Wildman–Crippen MR) is 149 cm³/mol. The number of phenols is 1. The molecule has 202 valence electrons. The van der Waals surface area contributed by atoms with Gasteiger partial charge in [0.1, 0.15) is 5.75 Å². The van der Waals surface area contributed by atoms with Crippen LogP contribution in [0.1, 0.15) is 57.6 Å². The van der Waals surface area contributed by atoms with Crippen molar-refractivity contribution in [1.29, 1.82) is 0 Å². The maximum atomic E-state index is 13.3. The molecule has 4 rings (SSSR count). The summed E-state index contributed by atoms with van der Waals surface area (Å²) in [5.74, 6) is -1.76. The normalized spacial score (nSPS) is 22.8. The molecule has 2 aromatic carbocycles. The molecule has 2 aromatic rings. The van der Waals surface area contributed by atoms with Gasteiger partial charge in [-0.15, -0.1) is 0 Å². The van der Waals surface area contributed by atoms with Crippen molar-refractivity contribution in [3.8, 4) is 5.75 Å². The van der Waals surface area contributed by atoms with Gasteiger partial charge in [0.05, 0.1) is 24.5 Å². The molecule has 6 heteroatoms. The molecular formula is C32H39NO5. The predicted octanol–water partition coefficient (Wildman–Crippen LogP) is 5.05. The summed E-state index contributed by atoms with van der Waals surface area (Å²) in [4.78, 5) is 27.8. The van der Waals surface area contributed by atoms with Gasteiger partial charge in [0.2, 0.25) is 11.8 Å². The number of aromatic hydroxyl groups is 1. The summed E-state index contributed by atoms with van der Waals surface area (Å²) in [6.07, 6.45) is 3.25. The van der Waals surface area contributed by atoms with E-state index >= 15 is 0 Å². The summed E-state index contributed by atoms with van der Waals surface area (Å²) < 4.78 is 0. The molecule has 1 fully saturated rings. The molecule has 0 unspecified atom stereocenters. The number of fused-ring (bicyclic) bond motifs is 1. The van der Waals surface area contributed by atoms with Gasteiger partial charge in [-0.2, -0.15) is 0 Å². The molecule has 0 saturated carbocycles. The number of amides is 2. The molecule has 6 nitrogen and oxygen atoms in total. The molecule has 0 bridgehead atoms. The van der Waals surface area contributed by atoms with Crippen molar-refractivity contribution in [2.45, 2.75) is 52.6 Å². The zero-order valence-electron chi connectivity index (χ0n) is 22.5. The first-order valence-electron chi connectivity index (χ1n) is 13.7. The molecule has 38 heavy (non-hydrogen) atoms. The van der Waals surface area contributed by atoms with Crippen LogP contribution in [-0.4, -0.2) is 51.3 Å². The van der Waals surface area contributed by atoms with E-state index in [1.54, 1.807) is 18.2 Å². The fourth-order valence-corrected chi connectivity index (χ4v) is 6.17. The highest BCUT2D eigenvalue weighted by atomic mass is 16.3. The second kappa shape index (κ2) is 12.1. The molecule has 2 amide bonds. The van der Waals surface area contributed by atoms with Gasteiger partial charge in [0, 0.05) is 12.5 Å². The Hall–Kier alpha value is -3.22. The number of likely N-dealkylation sites (tertiary alicyclic amines) is 1. The highest BCUT2D eigenvalue weighted by Crippen LogP contribution is 2.48. The lowest BCUT2D eigenvalue weighted by Crippen LogP contribution is -2.39. The molecule has 1 heterocycles. The minimum atomic E-state index is -0.857. The average molecular weight is 518 g/mol. The number of hydrogen-bond acceptors (Lipinski definition) is 5. The molecule has 1 aliphatic carbocycles. The number of nitrogens with zero attached hydrogens (tertiary/aromatic N) is 1. The minimum Gasteiger partial charge on any atom is -0.508 e. The summed E-state index contributed by atoms with van der Waals surface area (Å²) in [5.41, 5.74) is 4.61. The maximum Gasteiger partial charge on any atom is 0.233 e. The Balaban J connectivity index is 1.65. The van der Waals surface area contributed by atoms with Crippen LogP contribution in [-0.2, 0) is 9.59 Å². The van der Waals surface area contributed by atoms with E-state index in [4.69, 9.17) is 0 Å². The van der Waals surface area contributed by atoms with Crippen molar-refractivity contribution in [3.05, 3.63) is 76.9 Å². The van der Waals surface area contributed by atoms with Crippen LogP contribution >= 0.6 is 0 Å². The van der Waals surface area contributed by atoms with E-state index in [0.717, 1.165) is 27.8 Å². The summed E-state index contributed by atoms with van der Waals surface area (Å²) in [6, 6.07) is 17.0. The van der Waals surface area contributed by atoms with Crippen LogP contribution in [0.3, 0.4) is 0 Å². The Morgan fingerprint density at radius 2 is 1.82 bits per heavy atom. The van der Waals surface area contributed by atoms with Crippen LogP contribution in [0.4, 0.5) is 0 Å². The quantitative estimate of drug-likeness (QED) is 0.233. The Labute approximate surface area is 225 Å². The molecular weight excluding hydrogens is 478 g/mol. The van der Waals surface area contributed by atoms with Gasteiger partial charge < -0.3 is 15.3 Å². The van der Waals surface area contributed by atoms with E-state index in [9.17, 15) is 24.9 Å². The smallest absolute Gasteiger partial charge is 0.233 e. The van der Waals surface area contributed by atoms with Gasteiger partial charge in [-0.25, -0.2) is 0 Å². The van der Waals surface area contributed by atoms with Gasteiger partial charge in [-0.1, -0.05) is 74.9 Å². The lowest BCUT2D eigenvalue weighted by molar-refractivity contribution is -0.140. The van der Waals surface area contributed by atoms with Crippen molar-refractivity contribution >= 4 is 23.5 Å². The van der Waals surface area contributed by atoms with Gasteiger partial charge >= 0.3 is 0 Å². The lowest BCUT2D eigenvalue weighted by atomic mass is 9.66. The van der Waals surface area contributed by atoms with Crippen LogP contribution in [0.25, 0.3) is 11.6 Å². The second-order valence-electron chi connectivity index (χ2n) is 10.8. The average Bonchev–Trinajstić information content (AvgIpc) is 3.15. The minimum absolute atomic E-state index is 0.0780. The number of aliphatic hydroxyl groups excluding tert-OH is 2. The van der Waals surface area contributed by atoms with Crippen molar-refractivity contribution in [2.24, 2.45) is 23.7 Å². The SMILES string of the molecule is CCCN1C(=O)[C@@H]2[C@@H](CC(C(C)C)=C([C@H](O)CC/C(=C/c3cccc(O)c3)c3ccccc3)[C@@H]2CO)C1=O. The molecule has 4 atom stereocenters. The fourth-order valence-electron chi connectivity index (χ4n) is 6.17. The summed E-state index contributed by atoms with van der Waals surface area (Å²) in [5, 5.41) is 32.0. The Kier molecular flexibility index (Phi) is 8.85. The van der Waals surface area contributed by atoms with Crippen LogP contribution in [0.15, 0.2) is 65.7 Å². The third-order valence-corrected chi connectivity index (χ3v) is 7.95. The molecule has 3 N–H and O–H groups in total. The van der Waals surface area contributed by atoms with Gasteiger partial charge in [0.25, 0.3) is 0 Å². The first-order valence-corrected chi connectivity index (χ1v) is 13.7. The summed E-state index contributed by atoms with van der Waals surface area (Å²) in [6.45, 7) is 6.12. The van der Waals surface area contributed by atoms with Crippen LogP contribution in [0.5, 0.6) is 5.75 Å². The first kappa shape index (κ1) is 27.8. The number of phenolic OH excluding ortho intramolecular Hbond substituents is 1. The van der Waals surface area contributed by atoms with E-state index < -0.39 is 23.9 Å². The van der Waals surface area contributed by atoms with Crippen molar-refractivity contribution in [2.75, 3.05) is 13.2 Å².